The lowest BCUT2D eigenvalue weighted by molar-refractivity contribution is -0.144. The number of benzene rings is 2. The van der Waals surface area contributed by atoms with Gasteiger partial charge in [0, 0.05) is 18.2 Å². The van der Waals surface area contributed by atoms with Gasteiger partial charge in [-0.05, 0) is 51.2 Å². The van der Waals surface area contributed by atoms with Crippen molar-refractivity contribution in [2.75, 3.05) is 0 Å². The van der Waals surface area contributed by atoms with Crippen LogP contribution in [0.25, 0.3) is 0 Å². The monoisotopic (exact) mass is 495 g/mol. The van der Waals surface area contributed by atoms with Crippen LogP contribution in [-0.2, 0) is 20.9 Å². The Morgan fingerprint density at radius 3 is 2.19 bits per heavy atom. The average molecular weight is 496 g/mol. The highest BCUT2D eigenvalue weighted by atomic mass is 16.6. The van der Waals surface area contributed by atoms with Crippen LogP contribution in [-0.4, -0.2) is 45.6 Å². The van der Waals surface area contributed by atoms with Crippen LogP contribution in [0.5, 0.6) is 5.75 Å². The van der Waals surface area contributed by atoms with Crippen molar-refractivity contribution in [3.05, 3.63) is 65.7 Å². The molecule has 0 radical (unpaired) electrons. The van der Waals surface area contributed by atoms with Crippen molar-refractivity contribution in [3.8, 4) is 5.75 Å². The van der Waals surface area contributed by atoms with Crippen LogP contribution < -0.4 is 10.6 Å². The first-order valence-electron chi connectivity index (χ1n) is 12.4. The molecule has 2 atom stereocenters. The zero-order valence-electron chi connectivity index (χ0n) is 21.7. The van der Waals surface area contributed by atoms with Crippen LogP contribution in [0.2, 0.25) is 0 Å². The molecule has 1 aliphatic carbocycles. The number of nitrogens with zero attached hydrogens (tertiary/aromatic N) is 1. The van der Waals surface area contributed by atoms with E-state index >= 15 is 0 Å². The molecule has 0 bridgehead atoms. The lowest BCUT2D eigenvalue weighted by Gasteiger charge is -2.36. The molecule has 1 saturated carbocycles. The lowest BCUT2D eigenvalue weighted by Crippen LogP contribution is -2.55. The summed E-state index contributed by atoms with van der Waals surface area (Å²) in [5.74, 6) is -1.12. The molecule has 1 fully saturated rings. The Labute approximate surface area is 213 Å². The largest absolute Gasteiger partial charge is 0.508 e. The first kappa shape index (κ1) is 27.0. The fraction of sp³-hybridized carbons (Fsp3) is 0.464. The number of carbonyl (C=O) groups is 3. The standard InChI is InChI=1S/C28H37N3O5/c1-18(2)23(30-27(35)36-28(3,4)5)26(34)31(20-15-16-20)24(21-13-9-10-14-22(21)32)25(33)29-17-19-11-7-6-8-12-19/h6-14,18,20,23-24,32H,15-17H2,1-5H3,(H,29,33)(H,30,35). The number of para-hydroxylation sites is 1. The molecule has 3 amide bonds. The SMILES string of the molecule is CC(C)C(NC(=O)OC(C)(C)C)C(=O)N(C1CC1)C(C(=O)NCc1ccccc1)c1ccccc1O. The number of hydrogen-bond acceptors (Lipinski definition) is 5. The number of hydrogen-bond donors (Lipinski definition) is 3. The van der Waals surface area contributed by atoms with E-state index in [1.54, 1.807) is 39.0 Å². The van der Waals surface area contributed by atoms with Crippen LogP contribution in [0.1, 0.15) is 64.6 Å². The molecule has 3 N–H and O–H groups in total. The maximum Gasteiger partial charge on any atom is 0.408 e. The third-order valence-corrected chi connectivity index (χ3v) is 5.87. The Morgan fingerprint density at radius 1 is 1.03 bits per heavy atom. The lowest BCUT2D eigenvalue weighted by atomic mass is 9.98. The minimum Gasteiger partial charge on any atom is -0.508 e. The van der Waals surface area contributed by atoms with E-state index in [9.17, 15) is 19.5 Å². The van der Waals surface area contributed by atoms with Gasteiger partial charge in [-0.1, -0.05) is 62.4 Å². The molecule has 1 aliphatic rings. The molecule has 8 nitrogen and oxygen atoms in total. The van der Waals surface area contributed by atoms with E-state index in [1.807, 2.05) is 44.2 Å². The molecule has 194 valence electrons. The van der Waals surface area contributed by atoms with Gasteiger partial charge in [-0.15, -0.1) is 0 Å². The molecular weight excluding hydrogens is 458 g/mol. The van der Waals surface area contributed by atoms with Crippen molar-refractivity contribution in [1.82, 2.24) is 15.5 Å². The Hall–Kier alpha value is -3.55. The number of alkyl carbamates (subject to hydrolysis) is 1. The second-order valence-corrected chi connectivity index (χ2v) is 10.5. The number of phenolic OH excluding ortho intramolecular Hbond substituents is 1. The maximum atomic E-state index is 14.0. The highest BCUT2D eigenvalue weighted by Crippen LogP contribution is 2.38. The third-order valence-electron chi connectivity index (χ3n) is 5.87. The fourth-order valence-electron chi connectivity index (χ4n) is 4.00. The first-order valence-corrected chi connectivity index (χ1v) is 12.4. The predicted molar refractivity (Wildman–Crippen MR) is 137 cm³/mol. The molecule has 0 heterocycles. The van der Waals surface area contributed by atoms with E-state index in [0.29, 0.717) is 5.56 Å². The quantitative estimate of drug-likeness (QED) is 0.481. The van der Waals surface area contributed by atoms with Gasteiger partial charge in [0.15, 0.2) is 0 Å². The van der Waals surface area contributed by atoms with Crippen molar-refractivity contribution in [3.63, 3.8) is 0 Å². The van der Waals surface area contributed by atoms with Crippen molar-refractivity contribution in [2.24, 2.45) is 5.92 Å². The van der Waals surface area contributed by atoms with Gasteiger partial charge in [0.1, 0.15) is 23.4 Å². The van der Waals surface area contributed by atoms with Crippen LogP contribution in [0.4, 0.5) is 4.79 Å². The number of ether oxygens (including phenoxy) is 1. The Morgan fingerprint density at radius 2 is 1.64 bits per heavy atom. The summed E-state index contributed by atoms with van der Waals surface area (Å²) in [7, 11) is 0. The van der Waals surface area contributed by atoms with E-state index in [4.69, 9.17) is 4.74 Å². The van der Waals surface area contributed by atoms with E-state index in [1.165, 1.54) is 11.0 Å². The second kappa shape index (κ2) is 11.5. The summed E-state index contributed by atoms with van der Waals surface area (Å²) in [4.78, 5) is 41.7. The molecule has 8 heteroatoms. The number of phenols is 1. The zero-order chi connectivity index (χ0) is 26.5. The predicted octanol–water partition coefficient (Wildman–Crippen LogP) is 4.29. The summed E-state index contributed by atoms with van der Waals surface area (Å²) in [5, 5.41) is 16.3. The Balaban J connectivity index is 1.93. The molecular formula is C28H37N3O5. The molecule has 0 spiro atoms. The smallest absolute Gasteiger partial charge is 0.408 e. The van der Waals surface area contributed by atoms with E-state index < -0.39 is 29.7 Å². The van der Waals surface area contributed by atoms with Crippen molar-refractivity contribution in [2.45, 2.75) is 77.7 Å². The van der Waals surface area contributed by atoms with Gasteiger partial charge in [0.2, 0.25) is 11.8 Å². The molecule has 0 saturated heterocycles. The Bertz CT molecular complexity index is 1060. The molecule has 2 unspecified atom stereocenters. The summed E-state index contributed by atoms with van der Waals surface area (Å²) in [6.07, 6.45) is 0.774. The molecule has 2 aromatic carbocycles. The third kappa shape index (κ3) is 7.23. The Kier molecular flexibility index (Phi) is 8.61. The van der Waals surface area contributed by atoms with Crippen LogP contribution in [0.15, 0.2) is 54.6 Å². The number of nitrogens with one attached hydrogen (secondary N) is 2. The van der Waals surface area contributed by atoms with Crippen LogP contribution in [0, 0.1) is 5.92 Å². The highest BCUT2D eigenvalue weighted by molar-refractivity contribution is 5.93. The van der Waals surface area contributed by atoms with Gasteiger partial charge in [-0.25, -0.2) is 4.79 Å². The maximum absolute atomic E-state index is 14.0. The minimum absolute atomic E-state index is 0.0722. The highest BCUT2D eigenvalue weighted by Gasteiger charge is 2.45. The molecule has 3 rings (SSSR count). The summed E-state index contributed by atoms with van der Waals surface area (Å²) in [6.45, 7) is 9.19. The van der Waals surface area contributed by atoms with Crippen LogP contribution >= 0.6 is 0 Å². The summed E-state index contributed by atoms with van der Waals surface area (Å²) < 4.78 is 5.38. The van der Waals surface area contributed by atoms with E-state index in [2.05, 4.69) is 10.6 Å². The molecule has 0 aliphatic heterocycles. The van der Waals surface area contributed by atoms with Gasteiger partial charge in [0.05, 0.1) is 0 Å². The fourth-order valence-corrected chi connectivity index (χ4v) is 4.00. The first-order chi connectivity index (χ1) is 17.0. The summed E-state index contributed by atoms with van der Waals surface area (Å²) in [6, 6.07) is 13.9. The van der Waals surface area contributed by atoms with Gasteiger partial charge in [0.25, 0.3) is 0 Å². The van der Waals surface area contributed by atoms with Gasteiger partial charge < -0.3 is 25.4 Å². The number of carbonyl (C=O) groups excluding carboxylic acids is 3. The van der Waals surface area contributed by atoms with Crippen LogP contribution in [0.3, 0.4) is 0 Å². The molecule has 0 aromatic heterocycles. The van der Waals surface area contributed by atoms with Gasteiger partial charge >= 0.3 is 6.09 Å². The molecule has 2 aromatic rings. The molecule has 36 heavy (non-hydrogen) atoms. The normalized spacial score (nSPS) is 15.1. The van der Waals surface area contributed by atoms with Crippen molar-refractivity contribution in [1.29, 1.82) is 0 Å². The topological polar surface area (TPSA) is 108 Å². The average Bonchev–Trinajstić information content (AvgIpc) is 3.64. The van der Waals surface area contributed by atoms with Crippen molar-refractivity contribution < 1.29 is 24.2 Å². The summed E-state index contributed by atoms with van der Waals surface area (Å²) in [5.41, 5.74) is 0.529. The number of aromatic hydroxyl groups is 1. The van der Waals surface area contributed by atoms with Gasteiger partial charge in [-0.2, -0.15) is 0 Å². The van der Waals surface area contributed by atoms with E-state index in [0.717, 1.165) is 18.4 Å². The minimum atomic E-state index is -1.06. The second-order valence-electron chi connectivity index (χ2n) is 10.5. The van der Waals surface area contributed by atoms with Gasteiger partial charge in [-0.3, -0.25) is 9.59 Å². The van der Waals surface area contributed by atoms with E-state index in [-0.39, 0.29) is 30.2 Å². The van der Waals surface area contributed by atoms with Crippen molar-refractivity contribution >= 4 is 17.9 Å². The zero-order valence-corrected chi connectivity index (χ0v) is 21.7. The number of rotatable bonds is 9. The number of amides is 3. The summed E-state index contributed by atoms with van der Waals surface area (Å²) >= 11 is 0.